The summed E-state index contributed by atoms with van der Waals surface area (Å²) in [7, 11) is 1.61. The van der Waals surface area contributed by atoms with Gasteiger partial charge in [0.25, 0.3) is 5.91 Å². The minimum Gasteiger partial charge on any atom is -0.497 e. The lowest BCUT2D eigenvalue weighted by molar-refractivity contribution is -0.115. The van der Waals surface area contributed by atoms with E-state index in [0.29, 0.717) is 21.7 Å². The van der Waals surface area contributed by atoms with E-state index in [1.165, 1.54) is 11.8 Å². The molecule has 4 rings (SSSR count). The van der Waals surface area contributed by atoms with Crippen molar-refractivity contribution in [1.29, 1.82) is 0 Å². The molecule has 0 radical (unpaired) electrons. The molecule has 156 valence electrons. The standard InChI is InChI=1S/C24H19ClN2O3S/c1-29-20-11-9-19(10-12-20)26-24-27-23(28)22(31-24)14-17-3-2-4-21(13-17)30-15-16-5-7-18(25)8-6-16/h2-14H,15H2,1H3,(H,26,27,28)/b22-14-. The summed E-state index contributed by atoms with van der Waals surface area (Å²) in [6.45, 7) is 0.436. The van der Waals surface area contributed by atoms with Crippen LogP contribution < -0.4 is 14.8 Å². The third kappa shape index (κ3) is 5.69. The van der Waals surface area contributed by atoms with Crippen molar-refractivity contribution >= 4 is 46.2 Å². The average molecular weight is 451 g/mol. The number of halogens is 1. The summed E-state index contributed by atoms with van der Waals surface area (Å²) < 4.78 is 11.0. The summed E-state index contributed by atoms with van der Waals surface area (Å²) in [4.78, 5) is 17.4. The first-order valence-electron chi connectivity index (χ1n) is 9.50. The molecule has 1 aliphatic rings. The second-order valence-corrected chi connectivity index (χ2v) is 8.13. The molecule has 1 saturated heterocycles. The maximum Gasteiger partial charge on any atom is 0.264 e. The first kappa shape index (κ1) is 21.0. The van der Waals surface area contributed by atoms with E-state index in [0.717, 1.165) is 28.3 Å². The van der Waals surface area contributed by atoms with Gasteiger partial charge in [-0.1, -0.05) is 35.9 Å². The largest absolute Gasteiger partial charge is 0.497 e. The lowest BCUT2D eigenvalue weighted by Crippen LogP contribution is -2.19. The molecule has 3 aromatic rings. The first-order chi connectivity index (χ1) is 15.1. The van der Waals surface area contributed by atoms with E-state index in [1.54, 1.807) is 7.11 Å². The van der Waals surface area contributed by atoms with Crippen molar-refractivity contribution in [2.45, 2.75) is 6.61 Å². The van der Waals surface area contributed by atoms with Crippen LogP contribution in [-0.4, -0.2) is 18.2 Å². The fourth-order valence-electron chi connectivity index (χ4n) is 2.85. The highest BCUT2D eigenvalue weighted by Crippen LogP contribution is 2.29. The second-order valence-electron chi connectivity index (χ2n) is 6.67. The minimum absolute atomic E-state index is 0.176. The highest BCUT2D eigenvalue weighted by molar-refractivity contribution is 8.18. The van der Waals surface area contributed by atoms with Crippen LogP contribution in [0.3, 0.4) is 0 Å². The summed E-state index contributed by atoms with van der Waals surface area (Å²) in [5.41, 5.74) is 2.64. The Morgan fingerprint density at radius 1 is 1.03 bits per heavy atom. The van der Waals surface area contributed by atoms with Crippen molar-refractivity contribution in [2.24, 2.45) is 4.99 Å². The molecule has 1 amide bonds. The monoisotopic (exact) mass is 450 g/mol. The van der Waals surface area contributed by atoms with Crippen LogP contribution in [0.2, 0.25) is 5.02 Å². The van der Waals surface area contributed by atoms with E-state index in [-0.39, 0.29) is 5.91 Å². The molecular weight excluding hydrogens is 432 g/mol. The van der Waals surface area contributed by atoms with Crippen LogP contribution in [0.5, 0.6) is 11.5 Å². The Labute approximate surface area is 189 Å². The van der Waals surface area contributed by atoms with Crippen LogP contribution in [0.1, 0.15) is 11.1 Å². The van der Waals surface area contributed by atoms with Crippen LogP contribution in [0, 0.1) is 0 Å². The molecule has 5 nitrogen and oxygen atoms in total. The van der Waals surface area contributed by atoms with Crippen molar-refractivity contribution in [3.8, 4) is 11.5 Å². The number of methoxy groups -OCH3 is 1. The van der Waals surface area contributed by atoms with E-state index >= 15 is 0 Å². The summed E-state index contributed by atoms with van der Waals surface area (Å²) in [5, 5.41) is 4.03. The molecule has 0 atom stereocenters. The summed E-state index contributed by atoms with van der Waals surface area (Å²) in [6, 6.07) is 22.5. The van der Waals surface area contributed by atoms with Crippen LogP contribution in [-0.2, 0) is 11.4 Å². The van der Waals surface area contributed by atoms with Crippen molar-refractivity contribution < 1.29 is 14.3 Å². The van der Waals surface area contributed by atoms with Crippen molar-refractivity contribution in [1.82, 2.24) is 5.32 Å². The van der Waals surface area contributed by atoms with Gasteiger partial charge in [-0.05, 0) is 77.5 Å². The highest BCUT2D eigenvalue weighted by atomic mass is 35.5. The number of aliphatic imine (C=N–C) groups is 1. The third-order valence-corrected chi connectivity index (χ3v) is 5.59. The fourth-order valence-corrected chi connectivity index (χ4v) is 3.82. The van der Waals surface area contributed by atoms with Gasteiger partial charge < -0.3 is 14.8 Å². The second kappa shape index (κ2) is 9.73. The molecule has 3 aromatic carbocycles. The van der Waals surface area contributed by atoms with Crippen molar-refractivity contribution in [2.75, 3.05) is 7.11 Å². The van der Waals surface area contributed by atoms with Crippen LogP contribution in [0.25, 0.3) is 6.08 Å². The Hall–Kier alpha value is -3.22. The molecule has 0 bridgehead atoms. The lowest BCUT2D eigenvalue weighted by Gasteiger charge is -2.07. The number of ether oxygens (including phenoxy) is 2. The summed E-state index contributed by atoms with van der Waals surface area (Å²) >= 11 is 7.22. The van der Waals surface area contributed by atoms with E-state index < -0.39 is 0 Å². The topological polar surface area (TPSA) is 59.9 Å². The first-order valence-corrected chi connectivity index (χ1v) is 10.7. The normalized spacial score (nSPS) is 15.9. The molecule has 0 spiro atoms. The molecule has 1 aliphatic heterocycles. The lowest BCUT2D eigenvalue weighted by atomic mass is 10.2. The maximum atomic E-state index is 12.4. The van der Waals surface area contributed by atoms with Gasteiger partial charge >= 0.3 is 0 Å². The zero-order valence-electron chi connectivity index (χ0n) is 16.7. The van der Waals surface area contributed by atoms with E-state index in [2.05, 4.69) is 10.3 Å². The van der Waals surface area contributed by atoms with Crippen LogP contribution in [0.15, 0.2) is 82.7 Å². The number of carbonyl (C=O) groups is 1. The molecule has 0 aromatic heterocycles. The van der Waals surface area contributed by atoms with Gasteiger partial charge in [0.15, 0.2) is 5.17 Å². The summed E-state index contributed by atoms with van der Waals surface area (Å²) in [5.74, 6) is 1.30. The van der Waals surface area contributed by atoms with Gasteiger partial charge in [-0.15, -0.1) is 0 Å². The molecule has 0 unspecified atom stereocenters. The Balaban J connectivity index is 1.44. The van der Waals surface area contributed by atoms with Crippen molar-refractivity contribution in [3.63, 3.8) is 0 Å². The molecular formula is C24H19ClN2O3S. The molecule has 7 heteroatoms. The van der Waals surface area contributed by atoms with Gasteiger partial charge in [0, 0.05) is 5.02 Å². The Morgan fingerprint density at radius 2 is 1.81 bits per heavy atom. The maximum absolute atomic E-state index is 12.4. The number of rotatable bonds is 6. The number of carbonyl (C=O) groups excluding carboxylic acids is 1. The van der Waals surface area contributed by atoms with Gasteiger partial charge in [0.05, 0.1) is 17.7 Å². The molecule has 1 fully saturated rings. The summed E-state index contributed by atoms with van der Waals surface area (Å²) in [6.07, 6.45) is 1.83. The smallest absolute Gasteiger partial charge is 0.264 e. The number of amidine groups is 1. The van der Waals surface area contributed by atoms with E-state index in [1.807, 2.05) is 78.9 Å². The SMILES string of the molecule is COc1ccc(N=C2NC(=O)/C(=C/c3cccc(OCc4ccc(Cl)cc4)c3)S2)cc1. The van der Waals surface area contributed by atoms with Gasteiger partial charge in [0.1, 0.15) is 18.1 Å². The predicted octanol–water partition coefficient (Wildman–Crippen LogP) is 5.82. The predicted molar refractivity (Wildman–Crippen MR) is 126 cm³/mol. The molecule has 1 N–H and O–H groups in total. The fraction of sp³-hybridized carbons (Fsp3) is 0.0833. The molecule has 0 saturated carbocycles. The zero-order chi connectivity index (χ0) is 21.6. The number of hydrogen-bond acceptors (Lipinski definition) is 5. The Bertz CT molecular complexity index is 1140. The highest BCUT2D eigenvalue weighted by Gasteiger charge is 2.23. The number of nitrogens with one attached hydrogen (secondary N) is 1. The Kier molecular flexibility index (Phi) is 6.60. The molecule has 31 heavy (non-hydrogen) atoms. The van der Waals surface area contributed by atoms with Gasteiger partial charge in [-0.3, -0.25) is 4.79 Å². The zero-order valence-corrected chi connectivity index (χ0v) is 18.2. The average Bonchev–Trinajstić information content (AvgIpc) is 3.12. The third-order valence-electron chi connectivity index (χ3n) is 4.43. The van der Waals surface area contributed by atoms with Gasteiger partial charge in [0.2, 0.25) is 0 Å². The van der Waals surface area contributed by atoms with Crippen LogP contribution in [0.4, 0.5) is 5.69 Å². The van der Waals surface area contributed by atoms with Crippen molar-refractivity contribution in [3.05, 3.63) is 93.9 Å². The minimum atomic E-state index is -0.176. The molecule has 0 aliphatic carbocycles. The molecule has 1 heterocycles. The van der Waals surface area contributed by atoms with Crippen LogP contribution >= 0.6 is 23.4 Å². The quantitative estimate of drug-likeness (QED) is 0.481. The number of thioether (sulfide) groups is 1. The Morgan fingerprint density at radius 3 is 2.55 bits per heavy atom. The van der Waals surface area contributed by atoms with Gasteiger partial charge in [-0.25, -0.2) is 4.99 Å². The number of benzene rings is 3. The number of hydrogen-bond donors (Lipinski definition) is 1. The van der Waals surface area contributed by atoms with E-state index in [9.17, 15) is 4.79 Å². The van der Waals surface area contributed by atoms with Gasteiger partial charge in [-0.2, -0.15) is 0 Å². The number of nitrogens with zero attached hydrogens (tertiary/aromatic N) is 1. The van der Waals surface area contributed by atoms with E-state index in [4.69, 9.17) is 21.1 Å². The number of amides is 1.